The Morgan fingerprint density at radius 3 is 2.15 bits per heavy atom. The number of alkyl halides is 3. The number of carboxylic acids is 1. The zero-order valence-corrected chi connectivity index (χ0v) is 22.5. The molecule has 39 heavy (non-hydrogen) atoms. The maximum Gasteiger partial charge on any atom is 0.416 e. The second kappa shape index (κ2) is 14.0. The molecule has 5 nitrogen and oxygen atoms in total. The van der Waals surface area contributed by atoms with Crippen molar-refractivity contribution in [2.75, 3.05) is 12.0 Å². The van der Waals surface area contributed by atoms with Gasteiger partial charge in [0.05, 0.1) is 17.2 Å². The van der Waals surface area contributed by atoms with E-state index in [1.807, 2.05) is 48.7 Å². The summed E-state index contributed by atoms with van der Waals surface area (Å²) < 4.78 is 38.7. The van der Waals surface area contributed by atoms with Crippen molar-refractivity contribution in [3.05, 3.63) is 107 Å². The first kappa shape index (κ1) is 30.0. The van der Waals surface area contributed by atoms with Crippen molar-refractivity contribution in [3.8, 4) is 0 Å². The largest absolute Gasteiger partial charge is 0.481 e. The zero-order valence-electron chi connectivity index (χ0n) is 20.9. The number of hydrogen-bond acceptors (Lipinski definition) is 5. The van der Waals surface area contributed by atoms with Gasteiger partial charge in [-0.15, -0.1) is 11.8 Å². The molecule has 0 bridgehead atoms. The number of carbonyl (C=O) groups is 3. The van der Waals surface area contributed by atoms with Gasteiger partial charge >= 0.3 is 12.1 Å². The minimum absolute atomic E-state index is 0.0763. The van der Waals surface area contributed by atoms with Crippen LogP contribution in [-0.4, -0.2) is 34.8 Å². The number of thioether (sulfide) groups is 2. The summed E-state index contributed by atoms with van der Waals surface area (Å²) in [6.07, 6.45) is -1.57. The standard InChI is InChI=1S/C29H26F3NO4S2/c1-38-24-13-7-19(8-14-24)15-25(33-27(35)21-9-11-23(12-10-21)29(30,31)32)26(34)16-22(28(36)37)18-39-17-20-5-3-2-4-6-20/h2-15,22H,16-18H2,1H3,(H,33,35)(H,36,37)/b25-15+/t22-/m0/s1. The molecule has 10 heteroatoms. The summed E-state index contributed by atoms with van der Waals surface area (Å²) in [6, 6.07) is 20.3. The van der Waals surface area contributed by atoms with Crippen LogP contribution in [0.4, 0.5) is 13.2 Å². The van der Waals surface area contributed by atoms with Crippen LogP contribution in [0.15, 0.2) is 89.5 Å². The number of ketones is 1. The molecule has 0 aliphatic carbocycles. The van der Waals surface area contributed by atoms with Gasteiger partial charge in [0.15, 0.2) is 5.78 Å². The molecular formula is C29H26F3NO4S2. The van der Waals surface area contributed by atoms with Crippen LogP contribution in [0.1, 0.15) is 33.5 Å². The minimum atomic E-state index is -4.55. The van der Waals surface area contributed by atoms with Gasteiger partial charge in [-0.25, -0.2) is 0 Å². The van der Waals surface area contributed by atoms with Gasteiger partial charge in [-0.3, -0.25) is 14.4 Å². The number of hydrogen-bond donors (Lipinski definition) is 2. The molecular weight excluding hydrogens is 547 g/mol. The van der Waals surface area contributed by atoms with E-state index in [4.69, 9.17) is 0 Å². The molecule has 0 saturated heterocycles. The Morgan fingerprint density at radius 2 is 1.59 bits per heavy atom. The molecule has 0 unspecified atom stereocenters. The first-order valence-electron chi connectivity index (χ1n) is 11.8. The lowest BCUT2D eigenvalue weighted by Gasteiger charge is -2.15. The third-order valence-electron chi connectivity index (χ3n) is 5.66. The number of halogens is 3. The molecule has 3 aromatic rings. The van der Waals surface area contributed by atoms with Gasteiger partial charge < -0.3 is 10.4 Å². The van der Waals surface area contributed by atoms with Gasteiger partial charge in [0.2, 0.25) is 0 Å². The number of benzene rings is 3. The summed E-state index contributed by atoms with van der Waals surface area (Å²) in [6.45, 7) is 0. The summed E-state index contributed by atoms with van der Waals surface area (Å²) in [5, 5.41) is 12.2. The van der Waals surface area contributed by atoms with Crippen molar-refractivity contribution in [2.45, 2.75) is 23.2 Å². The van der Waals surface area contributed by atoms with E-state index in [9.17, 15) is 32.7 Å². The normalized spacial score (nSPS) is 12.6. The number of allylic oxidation sites excluding steroid dienone is 1. The second-order valence-electron chi connectivity index (χ2n) is 8.52. The van der Waals surface area contributed by atoms with Crippen molar-refractivity contribution in [1.29, 1.82) is 0 Å². The van der Waals surface area contributed by atoms with Gasteiger partial charge in [-0.05, 0) is 59.9 Å². The summed E-state index contributed by atoms with van der Waals surface area (Å²) in [4.78, 5) is 39.0. The molecule has 3 rings (SSSR count). The smallest absolute Gasteiger partial charge is 0.416 e. The molecule has 0 fully saturated rings. The van der Waals surface area contributed by atoms with E-state index in [-0.39, 0.29) is 23.4 Å². The lowest BCUT2D eigenvalue weighted by Crippen LogP contribution is -2.30. The molecule has 0 saturated carbocycles. The Morgan fingerprint density at radius 1 is 0.949 bits per heavy atom. The number of Topliss-reactive ketones (excluding diaryl/α,β-unsaturated/α-hetero) is 1. The summed E-state index contributed by atoms with van der Waals surface area (Å²) in [7, 11) is 0. The molecule has 0 aromatic heterocycles. The van der Waals surface area contributed by atoms with Crippen molar-refractivity contribution in [3.63, 3.8) is 0 Å². The first-order chi connectivity index (χ1) is 18.6. The topological polar surface area (TPSA) is 83.5 Å². The molecule has 0 heterocycles. The van der Waals surface area contributed by atoms with E-state index < -0.39 is 35.3 Å². The predicted molar refractivity (Wildman–Crippen MR) is 148 cm³/mol. The van der Waals surface area contributed by atoms with E-state index in [0.717, 1.165) is 34.7 Å². The van der Waals surface area contributed by atoms with E-state index in [0.29, 0.717) is 11.3 Å². The van der Waals surface area contributed by atoms with Crippen molar-refractivity contribution >= 4 is 47.3 Å². The summed E-state index contributed by atoms with van der Waals surface area (Å²) in [5.41, 5.74) is 0.492. The van der Waals surface area contributed by atoms with Crippen LogP contribution in [0.25, 0.3) is 6.08 Å². The fourth-order valence-corrected chi connectivity index (χ4v) is 5.00. The molecule has 0 aliphatic heterocycles. The van der Waals surface area contributed by atoms with Crippen molar-refractivity contribution < 1.29 is 32.7 Å². The third kappa shape index (κ3) is 9.33. The SMILES string of the molecule is CSc1ccc(/C=C(/NC(=O)c2ccc(C(F)(F)F)cc2)C(=O)C[C@@H](CSCc2ccccc2)C(=O)O)cc1. The Balaban J connectivity index is 1.79. The minimum Gasteiger partial charge on any atom is -0.481 e. The number of rotatable bonds is 12. The quantitative estimate of drug-likeness (QED) is 0.183. The van der Waals surface area contributed by atoms with Crippen molar-refractivity contribution in [2.24, 2.45) is 5.92 Å². The number of carbonyl (C=O) groups excluding carboxylic acids is 2. The van der Waals surface area contributed by atoms with E-state index in [1.165, 1.54) is 29.6 Å². The average molecular weight is 574 g/mol. The Hall–Kier alpha value is -3.50. The van der Waals surface area contributed by atoms with Crippen LogP contribution in [0.5, 0.6) is 0 Å². The highest BCUT2D eigenvalue weighted by Gasteiger charge is 2.30. The third-order valence-corrected chi connectivity index (χ3v) is 7.58. The first-order valence-corrected chi connectivity index (χ1v) is 14.2. The van der Waals surface area contributed by atoms with Crippen LogP contribution in [0, 0.1) is 5.92 Å². The molecule has 0 spiro atoms. The van der Waals surface area contributed by atoms with E-state index in [2.05, 4.69) is 5.32 Å². The van der Waals surface area contributed by atoms with Gasteiger partial charge in [0.1, 0.15) is 0 Å². The van der Waals surface area contributed by atoms with Gasteiger partial charge in [0.25, 0.3) is 5.91 Å². The van der Waals surface area contributed by atoms with Gasteiger partial charge in [-0.2, -0.15) is 24.9 Å². The lowest BCUT2D eigenvalue weighted by molar-refractivity contribution is -0.142. The number of nitrogens with one attached hydrogen (secondary N) is 1. The molecule has 3 aromatic carbocycles. The highest BCUT2D eigenvalue weighted by atomic mass is 32.2. The van der Waals surface area contributed by atoms with Crippen LogP contribution in [-0.2, 0) is 21.5 Å². The molecule has 204 valence electrons. The number of amides is 1. The van der Waals surface area contributed by atoms with Crippen LogP contribution >= 0.6 is 23.5 Å². The van der Waals surface area contributed by atoms with E-state index >= 15 is 0 Å². The van der Waals surface area contributed by atoms with Gasteiger partial charge in [0, 0.05) is 28.4 Å². The average Bonchev–Trinajstić information content (AvgIpc) is 2.92. The predicted octanol–water partition coefficient (Wildman–Crippen LogP) is 6.79. The lowest BCUT2D eigenvalue weighted by atomic mass is 10.0. The molecule has 1 atom stereocenters. The van der Waals surface area contributed by atoms with Crippen LogP contribution in [0.2, 0.25) is 0 Å². The monoisotopic (exact) mass is 573 g/mol. The Labute approximate surface area is 232 Å². The molecule has 0 aliphatic rings. The highest BCUT2D eigenvalue weighted by Crippen LogP contribution is 2.29. The fraction of sp³-hybridized carbons (Fsp3) is 0.207. The summed E-state index contributed by atoms with van der Waals surface area (Å²) >= 11 is 2.91. The van der Waals surface area contributed by atoms with Crippen molar-refractivity contribution in [1.82, 2.24) is 5.32 Å². The molecule has 2 N–H and O–H groups in total. The summed E-state index contributed by atoms with van der Waals surface area (Å²) in [5.74, 6) is -2.77. The van der Waals surface area contributed by atoms with Crippen LogP contribution in [0.3, 0.4) is 0 Å². The maximum atomic E-state index is 13.3. The Kier molecular flexibility index (Phi) is 10.8. The Bertz CT molecular complexity index is 1310. The molecule has 0 radical (unpaired) electrons. The number of carboxylic acid groups (broad SMARTS) is 1. The van der Waals surface area contributed by atoms with Gasteiger partial charge in [-0.1, -0.05) is 42.5 Å². The van der Waals surface area contributed by atoms with E-state index in [1.54, 1.807) is 12.1 Å². The maximum absolute atomic E-state index is 13.3. The van der Waals surface area contributed by atoms with Crippen LogP contribution < -0.4 is 5.32 Å². The highest BCUT2D eigenvalue weighted by molar-refractivity contribution is 7.98. The second-order valence-corrected chi connectivity index (χ2v) is 10.4. The zero-order chi connectivity index (χ0) is 28.4. The molecule has 1 amide bonds. The number of aliphatic carboxylic acids is 1. The fourth-order valence-electron chi connectivity index (χ4n) is 3.50.